The molecular weight excluding hydrogens is 178 g/mol. The Kier molecular flexibility index (Phi) is 2.72. The van der Waals surface area contributed by atoms with E-state index in [1.54, 1.807) is 6.20 Å². The second-order valence-electron chi connectivity index (χ2n) is 3.84. The largest absolute Gasteiger partial charge is 0.395 e. The zero-order valence-corrected chi connectivity index (χ0v) is 8.56. The van der Waals surface area contributed by atoms with Crippen molar-refractivity contribution >= 4 is 5.95 Å². The van der Waals surface area contributed by atoms with Crippen LogP contribution in [0.15, 0.2) is 12.4 Å². The number of imidazole rings is 1. The van der Waals surface area contributed by atoms with Gasteiger partial charge in [-0.15, -0.1) is 0 Å². The SMILES string of the molecule is Cn1ccnc1N(CCO)C1CCC1. The summed E-state index contributed by atoms with van der Waals surface area (Å²) in [5, 5.41) is 9.02. The Balaban J connectivity index is 2.13. The highest BCUT2D eigenvalue weighted by molar-refractivity contribution is 5.33. The summed E-state index contributed by atoms with van der Waals surface area (Å²) in [7, 11) is 1.99. The Morgan fingerprint density at radius 3 is 2.86 bits per heavy atom. The number of aliphatic hydroxyl groups excluding tert-OH is 1. The highest BCUT2D eigenvalue weighted by Gasteiger charge is 2.26. The van der Waals surface area contributed by atoms with Crippen LogP contribution in [-0.2, 0) is 7.05 Å². The predicted molar refractivity (Wildman–Crippen MR) is 55.3 cm³/mol. The van der Waals surface area contributed by atoms with Crippen LogP contribution in [0.1, 0.15) is 19.3 Å². The molecule has 0 bridgehead atoms. The Morgan fingerprint density at radius 2 is 2.43 bits per heavy atom. The molecule has 1 heterocycles. The Bertz CT molecular complexity index is 293. The van der Waals surface area contributed by atoms with E-state index in [9.17, 15) is 0 Å². The van der Waals surface area contributed by atoms with Crippen LogP contribution in [0.5, 0.6) is 0 Å². The molecule has 4 heteroatoms. The van der Waals surface area contributed by atoms with Crippen molar-refractivity contribution in [2.75, 3.05) is 18.1 Å². The molecule has 1 N–H and O–H groups in total. The van der Waals surface area contributed by atoms with Gasteiger partial charge in [0.2, 0.25) is 5.95 Å². The van der Waals surface area contributed by atoms with E-state index < -0.39 is 0 Å². The van der Waals surface area contributed by atoms with Crippen LogP contribution in [-0.4, -0.2) is 33.9 Å². The van der Waals surface area contributed by atoms with E-state index in [0.717, 1.165) is 5.95 Å². The molecule has 4 nitrogen and oxygen atoms in total. The van der Waals surface area contributed by atoms with Gasteiger partial charge >= 0.3 is 0 Å². The second kappa shape index (κ2) is 4.00. The predicted octanol–water partition coefficient (Wildman–Crippen LogP) is 0.771. The van der Waals surface area contributed by atoms with Crippen molar-refractivity contribution in [1.82, 2.24) is 9.55 Å². The van der Waals surface area contributed by atoms with Gasteiger partial charge < -0.3 is 14.6 Å². The number of aryl methyl sites for hydroxylation is 1. The first-order valence-electron chi connectivity index (χ1n) is 5.17. The molecule has 1 aromatic rings. The average Bonchev–Trinajstić information content (AvgIpc) is 2.47. The summed E-state index contributed by atoms with van der Waals surface area (Å²) in [5.41, 5.74) is 0. The lowest BCUT2D eigenvalue weighted by Crippen LogP contribution is -2.43. The van der Waals surface area contributed by atoms with Crippen LogP contribution >= 0.6 is 0 Å². The topological polar surface area (TPSA) is 41.3 Å². The van der Waals surface area contributed by atoms with Crippen LogP contribution in [0, 0.1) is 0 Å². The number of hydrogen-bond donors (Lipinski definition) is 1. The second-order valence-corrected chi connectivity index (χ2v) is 3.84. The van der Waals surface area contributed by atoms with Gasteiger partial charge in [-0.3, -0.25) is 0 Å². The molecule has 2 rings (SSSR count). The third-order valence-corrected chi connectivity index (χ3v) is 2.91. The lowest BCUT2D eigenvalue weighted by atomic mass is 9.92. The van der Waals surface area contributed by atoms with Crippen molar-refractivity contribution in [3.05, 3.63) is 12.4 Å². The molecule has 0 amide bonds. The highest BCUT2D eigenvalue weighted by Crippen LogP contribution is 2.27. The van der Waals surface area contributed by atoms with Gasteiger partial charge in [-0.2, -0.15) is 0 Å². The zero-order valence-electron chi connectivity index (χ0n) is 8.56. The summed E-state index contributed by atoms with van der Waals surface area (Å²) < 4.78 is 2.01. The van der Waals surface area contributed by atoms with E-state index in [4.69, 9.17) is 5.11 Å². The van der Waals surface area contributed by atoms with Crippen LogP contribution in [0.3, 0.4) is 0 Å². The minimum atomic E-state index is 0.198. The van der Waals surface area contributed by atoms with Crippen molar-refractivity contribution < 1.29 is 5.11 Å². The van der Waals surface area contributed by atoms with Gasteiger partial charge in [-0.1, -0.05) is 0 Å². The van der Waals surface area contributed by atoms with Gasteiger partial charge in [0, 0.05) is 32.0 Å². The van der Waals surface area contributed by atoms with E-state index in [0.29, 0.717) is 12.6 Å². The minimum absolute atomic E-state index is 0.198. The molecule has 1 aromatic heterocycles. The van der Waals surface area contributed by atoms with E-state index in [-0.39, 0.29) is 6.61 Å². The van der Waals surface area contributed by atoms with Crippen LogP contribution in [0.2, 0.25) is 0 Å². The molecule has 1 aliphatic carbocycles. The van der Waals surface area contributed by atoms with Crippen molar-refractivity contribution in [2.45, 2.75) is 25.3 Å². The highest BCUT2D eigenvalue weighted by atomic mass is 16.3. The van der Waals surface area contributed by atoms with Crippen molar-refractivity contribution in [1.29, 1.82) is 0 Å². The van der Waals surface area contributed by atoms with Crippen LogP contribution < -0.4 is 4.90 Å². The lowest BCUT2D eigenvalue weighted by molar-refractivity contribution is 0.281. The van der Waals surface area contributed by atoms with Gasteiger partial charge in [0.25, 0.3) is 0 Å². The number of anilines is 1. The first-order valence-corrected chi connectivity index (χ1v) is 5.17. The third-order valence-electron chi connectivity index (χ3n) is 2.91. The first kappa shape index (κ1) is 9.52. The smallest absolute Gasteiger partial charge is 0.205 e. The molecule has 14 heavy (non-hydrogen) atoms. The van der Waals surface area contributed by atoms with E-state index in [2.05, 4.69) is 9.88 Å². The van der Waals surface area contributed by atoms with Crippen molar-refractivity contribution in [2.24, 2.45) is 7.05 Å². The van der Waals surface area contributed by atoms with Crippen LogP contribution in [0.4, 0.5) is 5.95 Å². The summed E-state index contributed by atoms with van der Waals surface area (Å²) in [6.07, 6.45) is 7.51. The third kappa shape index (κ3) is 1.62. The molecule has 1 fully saturated rings. The molecule has 0 unspecified atom stereocenters. The summed E-state index contributed by atoms with van der Waals surface area (Å²) >= 11 is 0. The fraction of sp³-hybridized carbons (Fsp3) is 0.700. The number of hydrogen-bond acceptors (Lipinski definition) is 3. The first-order chi connectivity index (χ1) is 6.83. The van der Waals surface area contributed by atoms with Gasteiger partial charge in [-0.05, 0) is 19.3 Å². The molecule has 0 aliphatic heterocycles. The Labute approximate surface area is 84.2 Å². The van der Waals surface area contributed by atoms with E-state index >= 15 is 0 Å². The standard InChI is InChI=1S/C10H17N3O/c1-12-6-5-11-10(12)13(7-8-14)9-3-2-4-9/h5-6,9,14H,2-4,7-8H2,1H3. The summed E-state index contributed by atoms with van der Waals surface area (Å²) in [4.78, 5) is 6.53. The number of nitrogens with zero attached hydrogens (tertiary/aromatic N) is 3. The number of rotatable bonds is 4. The zero-order chi connectivity index (χ0) is 9.97. The molecule has 0 spiro atoms. The van der Waals surface area contributed by atoms with Gasteiger partial charge in [0.1, 0.15) is 0 Å². The molecule has 1 saturated carbocycles. The maximum Gasteiger partial charge on any atom is 0.205 e. The molecular formula is C10H17N3O. The van der Waals surface area contributed by atoms with Gasteiger partial charge in [-0.25, -0.2) is 4.98 Å². The van der Waals surface area contributed by atoms with Crippen molar-refractivity contribution in [3.63, 3.8) is 0 Å². The fourth-order valence-electron chi connectivity index (χ4n) is 1.89. The Morgan fingerprint density at radius 1 is 1.64 bits per heavy atom. The number of aromatic nitrogens is 2. The minimum Gasteiger partial charge on any atom is -0.395 e. The summed E-state index contributed by atoms with van der Waals surface area (Å²) in [5.74, 6) is 0.976. The fourth-order valence-corrected chi connectivity index (χ4v) is 1.89. The molecule has 78 valence electrons. The molecule has 1 aliphatic rings. The average molecular weight is 195 g/mol. The lowest BCUT2D eigenvalue weighted by Gasteiger charge is -2.37. The van der Waals surface area contributed by atoms with E-state index in [1.807, 2.05) is 17.8 Å². The monoisotopic (exact) mass is 195 g/mol. The maximum atomic E-state index is 9.02. The normalized spacial score (nSPS) is 16.7. The van der Waals surface area contributed by atoms with Crippen LogP contribution in [0.25, 0.3) is 0 Å². The molecule has 0 radical (unpaired) electrons. The quantitative estimate of drug-likeness (QED) is 0.771. The molecule has 0 saturated heterocycles. The number of aliphatic hydroxyl groups is 1. The molecule has 0 atom stereocenters. The Hall–Kier alpha value is -1.03. The summed E-state index contributed by atoms with van der Waals surface area (Å²) in [6, 6.07) is 0.586. The van der Waals surface area contributed by atoms with Gasteiger partial charge in [0.15, 0.2) is 0 Å². The van der Waals surface area contributed by atoms with Crippen molar-refractivity contribution in [3.8, 4) is 0 Å². The molecule has 0 aromatic carbocycles. The van der Waals surface area contributed by atoms with E-state index in [1.165, 1.54) is 19.3 Å². The maximum absolute atomic E-state index is 9.02. The van der Waals surface area contributed by atoms with Gasteiger partial charge in [0.05, 0.1) is 6.61 Å². The summed E-state index contributed by atoms with van der Waals surface area (Å²) in [6.45, 7) is 0.888.